The molecule has 0 radical (unpaired) electrons. The molecule has 0 fully saturated rings. The predicted molar refractivity (Wildman–Crippen MR) is 60.6 cm³/mol. The molecule has 0 saturated heterocycles. The normalized spacial score (nSPS) is 13.2. The van der Waals surface area contributed by atoms with E-state index in [-0.39, 0.29) is 0 Å². The summed E-state index contributed by atoms with van der Waals surface area (Å²) in [5.41, 5.74) is 2.13. The molecule has 5 nitrogen and oxygen atoms in total. The summed E-state index contributed by atoms with van der Waals surface area (Å²) in [7, 11) is 0. The van der Waals surface area contributed by atoms with Gasteiger partial charge in [-0.3, -0.25) is 9.55 Å². The second kappa shape index (κ2) is 3.30. The number of pyridine rings is 1. The Morgan fingerprint density at radius 1 is 1.38 bits per heavy atom. The van der Waals surface area contributed by atoms with Crippen LogP contribution in [0.1, 0.15) is 31.4 Å². The van der Waals surface area contributed by atoms with Crippen LogP contribution in [0.25, 0.3) is 5.69 Å². The largest absolute Gasteiger partial charge is 0.375 e. The molecule has 1 aliphatic rings. The Bertz CT molecular complexity index is 529. The third-order valence-corrected chi connectivity index (χ3v) is 2.75. The van der Waals surface area contributed by atoms with Crippen molar-refractivity contribution in [2.45, 2.75) is 26.3 Å². The monoisotopic (exact) mass is 215 g/mol. The molecular weight excluding hydrogens is 202 g/mol. The Kier molecular flexibility index (Phi) is 1.92. The van der Waals surface area contributed by atoms with E-state index in [1.54, 1.807) is 6.20 Å². The van der Waals surface area contributed by atoms with Crippen LogP contribution < -0.4 is 5.32 Å². The predicted octanol–water partition coefficient (Wildman–Crippen LogP) is 1.71. The third kappa shape index (κ3) is 1.21. The summed E-state index contributed by atoms with van der Waals surface area (Å²) in [6.45, 7) is 4.96. The minimum absolute atomic E-state index is 0.361. The van der Waals surface area contributed by atoms with Gasteiger partial charge in [-0.2, -0.15) is 0 Å². The summed E-state index contributed by atoms with van der Waals surface area (Å²) >= 11 is 0. The van der Waals surface area contributed by atoms with E-state index in [4.69, 9.17) is 0 Å². The second-order valence-electron chi connectivity index (χ2n) is 4.21. The van der Waals surface area contributed by atoms with E-state index in [0.29, 0.717) is 12.5 Å². The first kappa shape index (κ1) is 9.33. The number of aromatic nitrogens is 4. The average Bonchev–Trinajstić information content (AvgIpc) is 2.73. The van der Waals surface area contributed by atoms with Gasteiger partial charge < -0.3 is 5.32 Å². The summed E-state index contributed by atoms with van der Waals surface area (Å²) < 4.78 is 2.12. The quantitative estimate of drug-likeness (QED) is 0.786. The van der Waals surface area contributed by atoms with E-state index in [1.165, 1.54) is 0 Å². The molecule has 3 rings (SSSR count). The number of nitrogens with zero attached hydrogens (tertiary/aromatic N) is 4. The highest BCUT2D eigenvalue weighted by Crippen LogP contribution is 2.28. The summed E-state index contributed by atoms with van der Waals surface area (Å²) in [6.07, 6.45) is 3.63. The van der Waals surface area contributed by atoms with Gasteiger partial charge in [-0.25, -0.2) is 0 Å². The molecule has 0 aliphatic carbocycles. The van der Waals surface area contributed by atoms with Crippen LogP contribution in [0, 0.1) is 0 Å². The van der Waals surface area contributed by atoms with Crippen LogP contribution in [-0.2, 0) is 6.54 Å². The van der Waals surface area contributed by atoms with Crippen molar-refractivity contribution in [3.05, 3.63) is 30.1 Å². The van der Waals surface area contributed by atoms with Crippen LogP contribution in [0.2, 0.25) is 0 Å². The van der Waals surface area contributed by atoms with E-state index in [9.17, 15) is 0 Å². The molecule has 5 heteroatoms. The summed E-state index contributed by atoms with van der Waals surface area (Å²) in [5.74, 6) is 2.33. The zero-order valence-electron chi connectivity index (χ0n) is 9.31. The fraction of sp³-hybridized carbons (Fsp3) is 0.364. The van der Waals surface area contributed by atoms with Crippen LogP contribution >= 0.6 is 0 Å². The zero-order valence-corrected chi connectivity index (χ0v) is 9.31. The van der Waals surface area contributed by atoms with E-state index in [0.717, 1.165) is 23.0 Å². The minimum Gasteiger partial charge on any atom is -0.375 e. The molecule has 0 atom stereocenters. The lowest BCUT2D eigenvalue weighted by atomic mass is 10.2. The van der Waals surface area contributed by atoms with Crippen molar-refractivity contribution >= 4 is 5.69 Å². The Hall–Kier alpha value is -1.91. The first-order valence-electron chi connectivity index (χ1n) is 5.40. The minimum atomic E-state index is 0.361. The highest BCUT2D eigenvalue weighted by Gasteiger charge is 2.21. The molecule has 1 aliphatic heterocycles. The smallest absolute Gasteiger partial charge is 0.157 e. The summed E-state index contributed by atoms with van der Waals surface area (Å²) in [6, 6.07) is 1.99. The number of nitrogens with one attached hydrogen (secondary N) is 1. The fourth-order valence-electron chi connectivity index (χ4n) is 1.97. The van der Waals surface area contributed by atoms with Gasteiger partial charge in [-0.05, 0) is 6.07 Å². The molecule has 0 aromatic carbocycles. The molecule has 0 unspecified atom stereocenters. The highest BCUT2D eigenvalue weighted by atomic mass is 15.3. The third-order valence-electron chi connectivity index (χ3n) is 2.75. The topological polar surface area (TPSA) is 55.6 Å². The van der Waals surface area contributed by atoms with Crippen LogP contribution in [0.15, 0.2) is 18.5 Å². The lowest BCUT2D eigenvalue weighted by molar-refractivity contribution is 0.731. The number of anilines is 1. The van der Waals surface area contributed by atoms with Gasteiger partial charge in [0.15, 0.2) is 5.82 Å². The van der Waals surface area contributed by atoms with Crippen LogP contribution in [0.3, 0.4) is 0 Å². The zero-order chi connectivity index (χ0) is 11.1. The summed E-state index contributed by atoms with van der Waals surface area (Å²) in [5, 5.41) is 11.7. The van der Waals surface area contributed by atoms with Crippen molar-refractivity contribution in [1.29, 1.82) is 0 Å². The Balaban J connectivity index is 2.25. The Morgan fingerprint density at radius 3 is 3.06 bits per heavy atom. The summed E-state index contributed by atoms with van der Waals surface area (Å²) in [4.78, 5) is 4.11. The first-order chi connectivity index (χ1) is 7.77. The van der Waals surface area contributed by atoms with Crippen molar-refractivity contribution in [2.24, 2.45) is 0 Å². The molecular formula is C11H13N5. The molecule has 2 aromatic heterocycles. The molecule has 3 heterocycles. The van der Waals surface area contributed by atoms with E-state index in [1.807, 2.05) is 12.3 Å². The molecule has 16 heavy (non-hydrogen) atoms. The first-order valence-corrected chi connectivity index (χ1v) is 5.40. The maximum atomic E-state index is 4.25. The van der Waals surface area contributed by atoms with Gasteiger partial charge in [0.25, 0.3) is 0 Å². The number of rotatable bonds is 1. The van der Waals surface area contributed by atoms with Gasteiger partial charge in [0.1, 0.15) is 5.82 Å². The van der Waals surface area contributed by atoms with Crippen molar-refractivity contribution < 1.29 is 0 Å². The lowest BCUT2D eigenvalue weighted by Gasteiger charge is -2.21. The van der Waals surface area contributed by atoms with E-state index in [2.05, 4.69) is 38.9 Å². The molecule has 0 amide bonds. The number of hydrogen-bond donors (Lipinski definition) is 1. The van der Waals surface area contributed by atoms with Crippen LogP contribution in [-0.4, -0.2) is 19.7 Å². The molecule has 0 bridgehead atoms. The maximum Gasteiger partial charge on any atom is 0.157 e. The highest BCUT2D eigenvalue weighted by molar-refractivity contribution is 5.62. The standard InChI is InChI=1S/C11H13N5/c1-7(2)11-15-14-10-6-13-8-5-12-4-3-9(8)16(10)11/h3-5,7,13H,6H2,1-2H3. The SMILES string of the molecule is CC(C)c1nnc2n1-c1ccncc1NC2. The van der Waals surface area contributed by atoms with Crippen LogP contribution in [0.5, 0.6) is 0 Å². The Morgan fingerprint density at radius 2 is 2.25 bits per heavy atom. The van der Waals surface area contributed by atoms with Crippen molar-refractivity contribution in [3.63, 3.8) is 0 Å². The maximum absolute atomic E-state index is 4.25. The molecule has 82 valence electrons. The van der Waals surface area contributed by atoms with Gasteiger partial charge >= 0.3 is 0 Å². The van der Waals surface area contributed by atoms with Gasteiger partial charge in [-0.1, -0.05) is 13.8 Å². The lowest BCUT2D eigenvalue weighted by Crippen LogP contribution is -2.17. The van der Waals surface area contributed by atoms with Gasteiger partial charge in [-0.15, -0.1) is 10.2 Å². The van der Waals surface area contributed by atoms with Gasteiger partial charge in [0.05, 0.1) is 24.1 Å². The van der Waals surface area contributed by atoms with Crippen molar-refractivity contribution in [1.82, 2.24) is 19.7 Å². The van der Waals surface area contributed by atoms with Crippen molar-refractivity contribution in [2.75, 3.05) is 5.32 Å². The van der Waals surface area contributed by atoms with Crippen LogP contribution in [0.4, 0.5) is 5.69 Å². The molecule has 0 spiro atoms. The number of hydrogen-bond acceptors (Lipinski definition) is 4. The van der Waals surface area contributed by atoms with Crippen molar-refractivity contribution in [3.8, 4) is 5.69 Å². The Labute approximate surface area is 93.5 Å². The molecule has 0 saturated carbocycles. The molecule has 2 aromatic rings. The molecule has 1 N–H and O–H groups in total. The average molecular weight is 215 g/mol. The van der Waals surface area contributed by atoms with E-state index < -0.39 is 0 Å². The fourth-order valence-corrected chi connectivity index (χ4v) is 1.97. The van der Waals surface area contributed by atoms with E-state index >= 15 is 0 Å². The van der Waals surface area contributed by atoms with Gasteiger partial charge in [0.2, 0.25) is 0 Å². The van der Waals surface area contributed by atoms with Gasteiger partial charge in [0, 0.05) is 12.1 Å². The second-order valence-corrected chi connectivity index (χ2v) is 4.21. The number of fused-ring (bicyclic) bond motifs is 3.